The van der Waals surface area contributed by atoms with E-state index in [1.165, 1.54) is 19.1 Å². The fourth-order valence-electron chi connectivity index (χ4n) is 2.54. The van der Waals surface area contributed by atoms with Gasteiger partial charge in [-0.1, -0.05) is 18.3 Å². The van der Waals surface area contributed by atoms with Crippen molar-refractivity contribution in [2.45, 2.75) is 25.9 Å². The van der Waals surface area contributed by atoms with Crippen LogP contribution in [0.4, 0.5) is 4.39 Å². The Bertz CT molecular complexity index is 535. The largest absolute Gasteiger partial charge is 0.389 e. The number of carbonyl (C=O) groups excluding carboxylic acids is 1. The van der Waals surface area contributed by atoms with Crippen molar-refractivity contribution in [3.05, 3.63) is 35.1 Å². The first-order chi connectivity index (χ1) is 9.45. The molecular formula is C14H18FN3OS. The molecule has 0 spiro atoms. The minimum absolute atomic E-state index is 0.0116. The van der Waals surface area contributed by atoms with Crippen molar-refractivity contribution in [2.75, 3.05) is 13.1 Å². The third-order valence-corrected chi connectivity index (χ3v) is 3.63. The molecule has 1 heterocycles. The molecule has 0 aromatic heterocycles. The van der Waals surface area contributed by atoms with Gasteiger partial charge >= 0.3 is 0 Å². The van der Waals surface area contributed by atoms with Crippen LogP contribution >= 0.6 is 12.2 Å². The summed E-state index contributed by atoms with van der Waals surface area (Å²) >= 11 is 4.97. The topological polar surface area (TPSA) is 58.4 Å². The molecule has 0 radical (unpaired) electrons. The van der Waals surface area contributed by atoms with E-state index in [1.807, 2.05) is 0 Å². The molecule has 1 atom stereocenters. The van der Waals surface area contributed by atoms with Gasteiger partial charge in [-0.05, 0) is 24.1 Å². The number of likely N-dealkylation sites (tertiary alicyclic amines) is 1. The van der Waals surface area contributed by atoms with Crippen LogP contribution in [0.2, 0.25) is 0 Å². The second kappa shape index (κ2) is 6.28. The number of rotatable bonds is 4. The average Bonchev–Trinajstić information content (AvgIpc) is 2.77. The van der Waals surface area contributed by atoms with Crippen molar-refractivity contribution in [1.82, 2.24) is 10.2 Å². The number of nitrogens with two attached hydrogens (primary N) is 1. The van der Waals surface area contributed by atoms with Crippen molar-refractivity contribution >= 4 is 23.1 Å². The number of hydrogen-bond donors (Lipinski definition) is 2. The molecule has 4 nitrogen and oxygen atoms in total. The number of benzene rings is 1. The van der Waals surface area contributed by atoms with Crippen LogP contribution in [0, 0.1) is 5.82 Å². The lowest BCUT2D eigenvalue weighted by molar-refractivity contribution is -0.119. The van der Waals surface area contributed by atoms with Crippen LogP contribution in [-0.4, -0.2) is 34.9 Å². The highest BCUT2D eigenvalue weighted by Crippen LogP contribution is 2.17. The lowest BCUT2D eigenvalue weighted by Crippen LogP contribution is -2.35. The predicted octanol–water partition coefficient (Wildman–Crippen LogP) is 1.17. The summed E-state index contributed by atoms with van der Waals surface area (Å²) in [7, 11) is 0. The van der Waals surface area contributed by atoms with Gasteiger partial charge in [0.15, 0.2) is 0 Å². The quantitative estimate of drug-likeness (QED) is 0.819. The average molecular weight is 295 g/mol. The van der Waals surface area contributed by atoms with Crippen LogP contribution in [0.1, 0.15) is 24.5 Å². The zero-order valence-corrected chi connectivity index (χ0v) is 12.2. The SMILES string of the molecule is CC(=O)NC1CCN(Cc2ccc(F)cc2C(N)=S)C1. The summed E-state index contributed by atoms with van der Waals surface area (Å²) in [6.45, 7) is 3.85. The highest BCUT2D eigenvalue weighted by atomic mass is 32.1. The van der Waals surface area contributed by atoms with E-state index in [9.17, 15) is 9.18 Å². The van der Waals surface area contributed by atoms with E-state index < -0.39 is 0 Å². The van der Waals surface area contributed by atoms with E-state index in [0.717, 1.165) is 25.1 Å². The molecule has 2 rings (SSSR count). The zero-order valence-electron chi connectivity index (χ0n) is 11.4. The van der Waals surface area contributed by atoms with Gasteiger partial charge in [-0.15, -0.1) is 0 Å². The van der Waals surface area contributed by atoms with Crippen molar-refractivity contribution in [3.63, 3.8) is 0 Å². The molecule has 1 saturated heterocycles. The van der Waals surface area contributed by atoms with Crippen molar-refractivity contribution in [1.29, 1.82) is 0 Å². The molecule has 1 unspecified atom stereocenters. The number of hydrogen-bond acceptors (Lipinski definition) is 3. The summed E-state index contributed by atoms with van der Waals surface area (Å²) in [5.74, 6) is -0.350. The lowest BCUT2D eigenvalue weighted by atomic mass is 10.1. The number of thiocarbonyl (C=S) groups is 1. The third kappa shape index (κ3) is 3.74. The first kappa shape index (κ1) is 14.9. The van der Waals surface area contributed by atoms with Crippen LogP contribution < -0.4 is 11.1 Å². The maximum absolute atomic E-state index is 13.3. The van der Waals surface area contributed by atoms with Gasteiger partial charge in [0, 0.05) is 38.2 Å². The Morgan fingerprint density at radius 2 is 2.35 bits per heavy atom. The maximum Gasteiger partial charge on any atom is 0.217 e. The summed E-state index contributed by atoms with van der Waals surface area (Å²) < 4.78 is 13.3. The first-order valence-corrected chi connectivity index (χ1v) is 6.94. The fraction of sp³-hybridized carbons (Fsp3) is 0.429. The molecular weight excluding hydrogens is 277 g/mol. The molecule has 0 aliphatic carbocycles. The number of carbonyl (C=O) groups is 1. The smallest absolute Gasteiger partial charge is 0.217 e. The fourth-order valence-corrected chi connectivity index (χ4v) is 2.73. The van der Waals surface area contributed by atoms with Crippen molar-refractivity contribution in [2.24, 2.45) is 5.73 Å². The summed E-state index contributed by atoms with van der Waals surface area (Å²) in [4.78, 5) is 13.5. The zero-order chi connectivity index (χ0) is 14.7. The van der Waals surface area contributed by atoms with Crippen LogP contribution in [0.25, 0.3) is 0 Å². The Balaban J connectivity index is 2.04. The van der Waals surface area contributed by atoms with E-state index >= 15 is 0 Å². The number of nitrogens with one attached hydrogen (secondary N) is 1. The monoisotopic (exact) mass is 295 g/mol. The molecule has 20 heavy (non-hydrogen) atoms. The molecule has 1 fully saturated rings. The minimum atomic E-state index is -0.339. The highest BCUT2D eigenvalue weighted by molar-refractivity contribution is 7.80. The number of halogens is 1. The van der Waals surface area contributed by atoms with Gasteiger partial charge in [-0.2, -0.15) is 0 Å². The van der Waals surface area contributed by atoms with Gasteiger partial charge < -0.3 is 11.1 Å². The molecule has 1 amide bonds. The Labute approximate surface area is 123 Å². The molecule has 0 saturated carbocycles. The first-order valence-electron chi connectivity index (χ1n) is 6.53. The van der Waals surface area contributed by atoms with Gasteiger partial charge in [-0.25, -0.2) is 4.39 Å². The summed E-state index contributed by atoms with van der Waals surface area (Å²) in [6, 6.07) is 4.69. The van der Waals surface area contributed by atoms with Gasteiger partial charge in [0.1, 0.15) is 10.8 Å². The van der Waals surface area contributed by atoms with E-state index in [2.05, 4.69) is 10.2 Å². The molecule has 1 aliphatic rings. The van der Waals surface area contributed by atoms with E-state index in [0.29, 0.717) is 12.1 Å². The van der Waals surface area contributed by atoms with Crippen LogP contribution in [0.15, 0.2) is 18.2 Å². The Morgan fingerprint density at radius 1 is 1.60 bits per heavy atom. The minimum Gasteiger partial charge on any atom is -0.389 e. The van der Waals surface area contributed by atoms with Gasteiger partial charge in [0.05, 0.1) is 0 Å². The molecule has 3 N–H and O–H groups in total. The highest BCUT2D eigenvalue weighted by Gasteiger charge is 2.23. The number of amides is 1. The summed E-state index contributed by atoms with van der Waals surface area (Å²) in [5, 5.41) is 2.91. The second-order valence-electron chi connectivity index (χ2n) is 5.09. The predicted molar refractivity (Wildman–Crippen MR) is 79.8 cm³/mol. The van der Waals surface area contributed by atoms with Crippen LogP contribution in [0.5, 0.6) is 0 Å². The lowest BCUT2D eigenvalue weighted by Gasteiger charge is -2.18. The second-order valence-corrected chi connectivity index (χ2v) is 5.53. The Kier molecular flexibility index (Phi) is 4.67. The summed E-state index contributed by atoms with van der Waals surface area (Å²) in [5.41, 5.74) is 7.15. The molecule has 0 bridgehead atoms. The van der Waals surface area contributed by atoms with E-state index in [-0.39, 0.29) is 22.8 Å². The third-order valence-electron chi connectivity index (χ3n) is 3.41. The van der Waals surface area contributed by atoms with Gasteiger partial charge in [-0.3, -0.25) is 9.69 Å². The Morgan fingerprint density at radius 3 is 3.00 bits per heavy atom. The summed E-state index contributed by atoms with van der Waals surface area (Å²) in [6.07, 6.45) is 0.920. The number of nitrogens with zero attached hydrogens (tertiary/aromatic N) is 1. The standard InChI is InChI=1S/C14H18FN3OS/c1-9(19)17-12-4-5-18(8-12)7-10-2-3-11(15)6-13(10)14(16)20/h2-3,6,12H,4-5,7-8H2,1H3,(H2,16,20)(H,17,19). The van der Waals surface area contributed by atoms with Crippen molar-refractivity contribution < 1.29 is 9.18 Å². The maximum atomic E-state index is 13.3. The Hall–Kier alpha value is -1.53. The van der Waals surface area contributed by atoms with Gasteiger partial charge in [0.2, 0.25) is 5.91 Å². The molecule has 1 aromatic rings. The van der Waals surface area contributed by atoms with Gasteiger partial charge in [0.25, 0.3) is 0 Å². The van der Waals surface area contributed by atoms with Crippen LogP contribution in [-0.2, 0) is 11.3 Å². The molecule has 1 aromatic carbocycles. The van der Waals surface area contributed by atoms with E-state index in [4.69, 9.17) is 18.0 Å². The van der Waals surface area contributed by atoms with E-state index in [1.54, 1.807) is 6.07 Å². The molecule has 6 heteroatoms. The normalized spacial score (nSPS) is 19.0. The molecule has 108 valence electrons. The van der Waals surface area contributed by atoms with Crippen molar-refractivity contribution in [3.8, 4) is 0 Å². The van der Waals surface area contributed by atoms with Crippen LogP contribution in [0.3, 0.4) is 0 Å². The molecule has 1 aliphatic heterocycles.